The molecular weight excluding hydrogens is 146 g/mol. The third kappa shape index (κ3) is 2.29. The Balaban J connectivity index is 2.37. The molecule has 0 spiro atoms. The van der Waals surface area contributed by atoms with Gasteiger partial charge < -0.3 is 9.84 Å². The van der Waals surface area contributed by atoms with Crippen molar-refractivity contribution in [1.82, 2.24) is 10.5 Å². The summed E-state index contributed by atoms with van der Waals surface area (Å²) in [5, 5.41) is 8.41. The second kappa shape index (κ2) is 3.60. The van der Waals surface area contributed by atoms with E-state index in [1.807, 2.05) is 6.92 Å². The van der Waals surface area contributed by atoms with Crippen LogP contribution in [0.5, 0.6) is 0 Å². The van der Waals surface area contributed by atoms with E-state index in [-0.39, 0.29) is 6.03 Å². The van der Waals surface area contributed by atoms with Crippen molar-refractivity contribution in [3.05, 3.63) is 12.3 Å². The van der Waals surface area contributed by atoms with Crippen molar-refractivity contribution in [2.45, 2.75) is 6.92 Å². The smallest absolute Gasteiger partial charge is 0.321 e. The maximum Gasteiger partial charge on any atom is 0.321 e. The van der Waals surface area contributed by atoms with Crippen molar-refractivity contribution < 1.29 is 9.32 Å². The number of urea groups is 1. The Kier molecular flexibility index (Phi) is 2.48. The van der Waals surface area contributed by atoms with Crippen LogP contribution in [0.4, 0.5) is 10.7 Å². The number of rotatable bonds is 2. The zero-order valence-electron chi connectivity index (χ0n) is 6.13. The Labute approximate surface area is 63.8 Å². The van der Waals surface area contributed by atoms with Crippen LogP contribution in [0.25, 0.3) is 0 Å². The van der Waals surface area contributed by atoms with E-state index in [9.17, 15) is 4.79 Å². The van der Waals surface area contributed by atoms with Crippen LogP contribution in [0, 0.1) is 0 Å². The summed E-state index contributed by atoms with van der Waals surface area (Å²) in [5.41, 5.74) is 0. The quantitative estimate of drug-likeness (QED) is 0.664. The van der Waals surface area contributed by atoms with Gasteiger partial charge in [-0.2, -0.15) is 0 Å². The zero-order valence-corrected chi connectivity index (χ0v) is 6.13. The first-order valence-electron chi connectivity index (χ1n) is 3.28. The molecule has 0 saturated heterocycles. The molecule has 1 aromatic heterocycles. The number of hydrogen-bond acceptors (Lipinski definition) is 3. The summed E-state index contributed by atoms with van der Waals surface area (Å²) >= 11 is 0. The van der Waals surface area contributed by atoms with Gasteiger partial charge in [0.1, 0.15) is 0 Å². The van der Waals surface area contributed by atoms with Crippen LogP contribution in [0.2, 0.25) is 0 Å². The van der Waals surface area contributed by atoms with Gasteiger partial charge in [0, 0.05) is 12.6 Å². The van der Waals surface area contributed by atoms with Crippen LogP contribution in [-0.2, 0) is 0 Å². The Hall–Kier alpha value is -1.52. The van der Waals surface area contributed by atoms with Crippen molar-refractivity contribution in [2.24, 2.45) is 0 Å². The van der Waals surface area contributed by atoms with Crippen LogP contribution < -0.4 is 10.6 Å². The zero-order chi connectivity index (χ0) is 8.10. The van der Waals surface area contributed by atoms with E-state index in [2.05, 4.69) is 20.3 Å². The summed E-state index contributed by atoms with van der Waals surface area (Å²) < 4.78 is 4.63. The molecule has 1 aromatic rings. The van der Waals surface area contributed by atoms with Gasteiger partial charge in [0.2, 0.25) is 5.88 Å². The highest BCUT2D eigenvalue weighted by molar-refractivity contribution is 5.87. The fourth-order valence-electron chi connectivity index (χ4n) is 0.597. The van der Waals surface area contributed by atoms with Crippen molar-refractivity contribution in [2.75, 3.05) is 11.9 Å². The second-order valence-corrected chi connectivity index (χ2v) is 1.86. The average Bonchev–Trinajstić information content (AvgIpc) is 2.40. The molecule has 0 atom stereocenters. The Morgan fingerprint density at radius 3 is 3.18 bits per heavy atom. The Morgan fingerprint density at radius 2 is 2.64 bits per heavy atom. The lowest BCUT2D eigenvalue weighted by Crippen LogP contribution is -2.27. The molecular formula is C6H9N3O2. The van der Waals surface area contributed by atoms with Gasteiger partial charge >= 0.3 is 6.03 Å². The molecule has 11 heavy (non-hydrogen) atoms. The molecule has 2 N–H and O–H groups in total. The van der Waals surface area contributed by atoms with Crippen molar-refractivity contribution in [3.8, 4) is 0 Å². The lowest BCUT2D eigenvalue weighted by Gasteiger charge is -1.99. The number of amides is 2. The number of hydrogen-bond donors (Lipinski definition) is 2. The molecule has 0 aromatic carbocycles. The van der Waals surface area contributed by atoms with Gasteiger partial charge in [0.25, 0.3) is 0 Å². The van der Waals surface area contributed by atoms with Gasteiger partial charge in [-0.25, -0.2) is 4.79 Å². The monoisotopic (exact) mass is 155 g/mol. The van der Waals surface area contributed by atoms with E-state index in [1.54, 1.807) is 6.07 Å². The first-order chi connectivity index (χ1) is 5.33. The van der Waals surface area contributed by atoms with E-state index in [0.717, 1.165) is 0 Å². The van der Waals surface area contributed by atoms with Crippen LogP contribution in [-0.4, -0.2) is 17.7 Å². The third-order valence-electron chi connectivity index (χ3n) is 1.01. The first kappa shape index (κ1) is 7.59. The summed E-state index contributed by atoms with van der Waals surface area (Å²) in [6, 6.07) is 1.28. The molecule has 0 unspecified atom stereocenters. The molecule has 2 amide bonds. The highest BCUT2D eigenvalue weighted by Gasteiger charge is 2.00. The lowest BCUT2D eigenvalue weighted by molar-refractivity contribution is 0.251. The van der Waals surface area contributed by atoms with E-state index >= 15 is 0 Å². The fraction of sp³-hybridized carbons (Fsp3) is 0.333. The Bertz CT molecular complexity index is 220. The minimum absolute atomic E-state index is 0.288. The molecule has 60 valence electrons. The largest absolute Gasteiger partial charge is 0.338 e. The number of anilines is 1. The van der Waals surface area contributed by atoms with Gasteiger partial charge in [-0.05, 0) is 6.92 Å². The highest BCUT2D eigenvalue weighted by atomic mass is 16.5. The van der Waals surface area contributed by atoms with Crippen molar-refractivity contribution in [1.29, 1.82) is 0 Å². The molecule has 5 nitrogen and oxygen atoms in total. The van der Waals surface area contributed by atoms with Gasteiger partial charge in [0.05, 0.1) is 6.20 Å². The molecule has 0 aliphatic rings. The van der Waals surface area contributed by atoms with Gasteiger partial charge in [-0.3, -0.25) is 5.32 Å². The summed E-state index contributed by atoms with van der Waals surface area (Å²) in [4.78, 5) is 10.8. The number of carbonyl (C=O) groups excluding carboxylic acids is 1. The molecule has 0 bridgehead atoms. The SMILES string of the molecule is CCNC(=O)Nc1ccno1. The van der Waals surface area contributed by atoms with Crippen LogP contribution in [0.3, 0.4) is 0 Å². The van der Waals surface area contributed by atoms with E-state index in [1.165, 1.54) is 6.20 Å². The predicted molar refractivity (Wildman–Crippen MR) is 39.2 cm³/mol. The van der Waals surface area contributed by atoms with E-state index in [0.29, 0.717) is 12.4 Å². The number of nitrogens with one attached hydrogen (secondary N) is 2. The van der Waals surface area contributed by atoms with Gasteiger partial charge in [-0.1, -0.05) is 5.16 Å². The maximum atomic E-state index is 10.8. The van der Waals surface area contributed by atoms with Crippen molar-refractivity contribution >= 4 is 11.9 Å². The number of aromatic nitrogens is 1. The molecule has 0 saturated carbocycles. The van der Waals surface area contributed by atoms with E-state index in [4.69, 9.17) is 0 Å². The molecule has 0 aliphatic carbocycles. The molecule has 0 aliphatic heterocycles. The van der Waals surface area contributed by atoms with Gasteiger partial charge in [-0.15, -0.1) is 0 Å². The standard InChI is InChI=1S/C6H9N3O2/c1-2-7-6(10)9-5-3-4-8-11-5/h3-4H,2H2,1H3,(H2,7,9,10). The second-order valence-electron chi connectivity index (χ2n) is 1.86. The van der Waals surface area contributed by atoms with Gasteiger partial charge in [0.15, 0.2) is 0 Å². The average molecular weight is 155 g/mol. The van der Waals surface area contributed by atoms with Crippen LogP contribution in [0.15, 0.2) is 16.8 Å². The molecule has 1 rings (SSSR count). The topological polar surface area (TPSA) is 67.2 Å². The normalized spacial score (nSPS) is 9.18. The fourth-order valence-corrected chi connectivity index (χ4v) is 0.597. The van der Waals surface area contributed by atoms with Crippen LogP contribution >= 0.6 is 0 Å². The van der Waals surface area contributed by atoms with Crippen molar-refractivity contribution in [3.63, 3.8) is 0 Å². The predicted octanol–water partition coefficient (Wildman–Crippen LogP) is 0.816. The Morgan fingerprint density at radius 1 is 1.82 bits per heavy atom. The summed E-state index contributed by atoms with van der Waals surface area (Å²) in [7, 11) is 0. The summed E-state index contributed by atoms with van der Waals surface area (Å²) in [5.74, 6) is 0.343. The minimum Gasteiger partial charge on any atom is -0.338 e. The molecule has 0 radical (unpaired) electrons. The molecule has 1 heterocycles. The first-order valence-corrected chi connectivity index (χ1v) is 3.28. The lowest BCUT2D eigenvalue weighted by atomic mass is 10.6. The molecule has 0 fully saturated rings. The number of carbonyl (C=O) groups is 1. The third-order valence-corrected chi connectivity index (χ3v) is 1.01. The summed E-state index contributed by atoms with van der Waals surface area (Å²) in [6.45, 7) is 2.42. The summed E-state index contributed by atoms with van der Waals surface area (Å²) in [6.07, 6.45) is 1.46. The number of nitrogens with zero attached hydrogens (tertiary/aromatic N) is 1. The highest BCUT2D eigenvalue weighted by Crippen LogP contribution is 2.01. The molecule has 5 heteroatoms. The minimum atomic E-state index is -0.288. The van der Waals surface area contributed by atoms with Crippen LogP contribution in [0.1, 0.15) is 6.92 Å². The maximum absolute atomic E-state index is 10.8. The van der Waals surface area contributed by atoms with E-state index < -0.39 is 0 Å².